The van der Waals surface area contributed by atoms with Crippen LogP contribution in [0.4, 0.5) is 5.82 Å². The lowest BCUT2D eigenvalue weighted by molar-refractivity contribution is -0.124. The van der Waals surface area contributed by atoms with Gasteiger partial charge in [0.05, 0.1) is 29.3 Å². The molecule has 1 amide bonds. The van der Waals surface area contributed by atoms with Crippen LogP contribution < -0.4 is 5.32 Å². The van der Waals surface area contributed by atoms with E-state index in [2.05, 4.69) is 40.7 Å². The van der Waals surface area contributed by atoms with Crippen LogP contribution in [0.15, 0.2) is 30.5 Å². The van der Waals surface area contributed by atoms with Gasteiger partial charge in [0.1, 0.15) is 5.82 Å². The summed E-state index contributed by atoms with van der Waals surface area (Å²) in [6.07, 6.45) is 6.95. The molecule has 1 aliphatic carbocycles. The fraction of sp³-hybridized carbons (Fsp3) is 0.500. The molecule has 182 valence electrons. The van der Waals surface area contributed by atoms with E-state index in [9.17, 15) is 4.79 Å². The summed E-state index contributed by atoms with van der Waals surface area (Å²) in [5, 5.41) is 8.46. The average molecular weight is 473 g/mol. The third-order valence-electron chi connectivity index (χ3n) is 7.38. The predicted molar refractivity (Wildman–Crippen MR) is 135 cm³/mol. The number of rotatable bonds is 6. The third-order valence-corrected chi connectivity index (χ3v) is 7.38. The molecule has 3 aromatic heterocycles. The molecule has 9 heteroatoms. The van der Waals surface area contributed by atoms with Gasteiger partial charge >= 0.3 is 0 Å². The molecule has 1 aliphatic heterocycles. The minimum Gasteiger partial charge on any atom is -0.360 e. The zero-order valence-electron chi connectivity index (χ0n) is 20.5. The second kappa shape index (κ2) is 8.32. The number of aromatic nitrogens is 6. The minimum atomic E-state index is -0.0181. The molecule has 2 atom stereocenters. The first-order chi connectivity index (χ1) is 16.9. The zero-order chi connectivity index (χ0) is 24.2. The Morgan fingerprint density at radius 2 is 2.00 bits per heavy atom. The summed E-state index contributed by atoms with van der Waals surface area (Å²) < 4.78 is 2.07. The second-order valence-corrected chi connectivity index (χ2v) is 11.0. The van der Waals surface area contributed by atoms with Gasteiger partial charge in [-0.2, -0.15) is 5.10 Å². The molecule has 9 nitrogen and oxygen atoms in total. The number of H-pyrrole nitrogens is 1. The van der Waals surface area contributed by atoms with Crippen molar-refractivity contribution in [2.45, 2.75) is 71.0 Å². The number of para-hydroxylation sites is 2. The van der Waals surface area contributed by atoms with Crippen LogP contribution in [0.1, 0.15) is 69.9 Å². The van der Waals surface area contributed by atoms with Gasteiger partial charge in [-0.3, -0.25) is 4.79 Å². The summed E-state index contributed by atoms with van der Waals surface area (Å²) in [5.41, 5.74) is 4.62. The van der Waals surface area contributed by atoms with E-state index in [0.717, 1.165) is 65.3 Å². The maximum Gasteiger partial charge on any atom is 0.209 e. The first kappa shape index (κ1) is 22.0. The largest absolute Gasteiger partial charge is 0.360 e. The molecule has 35 heavy (non-hydrogen) atoms. The lowest BCUT2D eigenvalue weighted by Gasteiger charge is -2.44. The van der Waals surface area contributed by atoms with Crippen LogP contribution in [0, 0.1) is 5.41 Å². The summed E-state index contributed by atoms with van der Waals surface area (Å²) in [4.78, 5) is 31.6. The maximum absolute atomic E-state index is 11.8. The molecule has 2 aliphatic rings. The fourth-order valence-electron chi connectivity index (χ4n) is 5.29. The summed E-state index contributed by atoms with van der Waals surface area (Å²) in [7, 11) is 0. The molecule has 4 heterocycles. The Hall–Kier alpha value is -3.49. The lowest BCUT2D eigenvalue weighted by atomic mass is 9.79. The number of benzene rings is 1. The van der Waals surface area contributed by atoms with Crippen LogP contribution in [0.2, 0.25) is 0 Å². The van der Waals surface area contributed by atoms with Crippen molar-refractivity contribution >= 4 is 34.4 Å². The van der Waals surface area contributed by atoms with E-state index in [4.69, 9.17) is 15.1 Å². The van der Waals surface area contributed by atoms with Crippen LogP contribution in [0.5, 0.6) is 0 Å². The maximum atomic E-state index is 11.8. The summed E-state index contributed by atoms with van der Waals surface area (Å²) in [6, 6.07) is 8.32. The highest BCUT2D eigenvalue weighted by molar-refractivity contribution is 5.83. The molecule has 6 rings (SSSR count). The number of hydrogen-bond acceptors (Lipinski definition) is 6. The third kappa shape index (κ3) is 4.13. The Labute approximate surface area is 204 Å². The van der Waals surface area contributed by atoms with Crippen LogP contribution >= 0.6 is 0 Å². The van der Waals surface area contributed by atoms with Crippen molar-refractivity contribution in [2.24, 2.45) is 5.41 Å². The monoisotopic (exact) mass is 472 g/mol. The lowest BCUT2D eigenvalue weighted by Crippen LogP contribution is -2.49. The number of likely N-dealkylation sites (tertiary alicyclic amines) is 1. The molecule has 0 radical (unpaired) electrons. The smallest absolute Gasteiger partial charge is 0.209 e. The van der Waals surface area contributed by atoms with Gasteiger partial charge in [0, 0.05) is 24.7 Å². The molecule has 4 aromatic rings. The van der Waals surface area contributed by atoms with Crippen molar-refractivity contribution in [3.05, 3.63) is 42.0 Å². The molecule has 0 bridgehead atoms. The Bertz CT molecular complexity index is 1350. The van der Waals surface area contributed by atoms with E-state index in [1.165, 1.54) is 12.8 Å². The van der Waals surface area contributed by atoms with Crippen LogP contribution in [-0.4, -0.2) is 53.6 Å². The van der Waals surface area contributed by atoms with Crippen molar-refractivity contribution in [1.82, 2.24) is 34.6 Å². The minimum absolute atomic E-state index is 0.0181. The number of fused-ring (bicyclic) bond motifs is 2. The molecule has 1 saturated heterocycles. The van der Waals surface area contributed by atoms with Gasteiger partial charge in [-0.15, -0.1) is 0 Å². The number of aromatic amines is 1. The molecular formula is C26H32N8O. The number of carbonyl (C=O) groups is 1. The normalized spacial score (nSPS) is 21.1. The highest BCUT2D eigenvalue weighted by Gasteiger charge is 2.37. The van der Waals surface area contributed by atoms with E-state index in [1.54, 1.807) is 0 Å². The topological polar surface area (TPSA) is 105 Å². The first-order valence-electron chi connectivity index (χ1n) is 12.5. The average Bonchev–Trinajstić information content (AvgIpc) is 3.52. The molecule has 1 saturated carbocycles. The first-order valence-corrected chi connectivity index (χ1v) is 12.5. The summed E-state index contributed by atoms with van der Waals surface area (Å²) in [5.74, 6) is 2.09. The van der Waals surface area contributed by atoms with Gasteiger partial charge < -0.3 is 15.2 Å². The van der Waals surface area contributed by atoms with Crippen molar-refractivity contribution in [3.8, 4) is 0 Å². The van der Waals surface area contributed by atoms with Gasteiger partial charge in [0.15, 0.2) is 17.0 Å². The van der Waals surface area contributed by atoms with E-state index in [-0.39, 0.29) is 17.5 Å². The summed E-state index contributed by atoms with van der Waals surface area (Å²) >= 11 is 0. The predicted octanol–water partition coefficient (Wildman–Crippen LogP) is 4.40. The van der Waals surface area contributed by atoms with Crippen molar-refractivity contribution in [1.29, 1.82) is 0 Å². The number of nitrogens with one attached hydrogen (secondary N) is 2. The van der Waals surface area contributed by atoms with Crippen molar-refractivity contribution < 1.29 is 4.79 Å². The Balaban J connectivity index is 1.34. The van der Waals surface area contributed by atoms with Crippen LogP contribution in [0.25, 0.3) is 22.2 Å². The second-order valence-electron chi connectivity index (χ2n) is 11.0. The van der Waals surface area contributed by atoms with Crippen molar-refractivity contribution in [3.63, 3.8) is 0 Å². The highest BCUT2D eigenvalue weighted by atomic mass is 16.1. The van der Waals surface area contributed by atoms with E-state index in [0.29, 0.717) is 12.5 Å². The number of amides is 1. The molecule has 2 unspecified atom stereocenters. The summed E-state index contributed by atoms with van der Waals surface area (Å²) in [6.45, 7) is 7.82. The van der Waals surface area contributed by atoms with Gasteiger partial charge in [-0.25, -0.2) is 19.6 Å². The highest BCUT2D eigenvalue weighted by Crippen LogP contribution is 2.41. The van der Waals surface area contributed by atoms with Gasteiger partial charge in [0.2, 0.25) is 6.41 Å². The standard InChI is InChI=1S/C26H32N8O/c1-26(2,3)21-12-17(10-11-33(21)15-35)34-25-23(27-13-20(31-25)16-8-9-16)24(32-34)28-14-22-29-18-6-4-5-7-19(18)30-22/h4-7,13,15-17,21H,8-12,14H2,1-3H3,(H,28,32)(H,29,30). The van der Waals surface area contributed by atoms with Gasteiger partial charge in [-0.1, -0.05) is 32.9 Å². The molecule has 2 fully saturated rings. The van der Waals surface area contributed by atoms with E-state index >= 15 is 0 Å². The number of imidazole rings is 1. The van der Waals surface area contributed by atoms with E-state index in [1.807, 2.05) is 35.4 Å². The van der Waals surface area contributed by atoms with Crippen LogP contribution in [-0.2, 0) is 11.3 Å². The quantitative estimate of drug-likeness (QED) is 0.403. The number of hydrogen-bond donors (Lipinski definition) is 2. The van der Waals surface area contributed by atoms with Gasteiger partial charge in [-0.05, 0) is 43.2 Å². The number of piperidine rings is 1. The zero-order valence-corrected chi connectivity index (χ0v) is 20.5. The fourth-order valence-corrected chi connectivity index (χ4v) is 5.29. The number of anilines is 1. The number of nitrogens with zero attached hydrogens (tertiary/aromatic N) is 6. The molecule has 2 N–H and O–H groups in total. The number of carbonyl (C=O) groups excluding carboxylic acids is 1. The van der Waals surface area contributed by atoms with Crippen LogP contribution in [0.3, 0.4) is 0 Å². The molecular weight excluding hydrogens is 440 g/mol. The Kier molecular flexibility index (Phi) is 5.23. The molecule has 0 spiro atoms. The van der Waals surface area contributed by atoms with Gasteiger partial charge in [0.25, 0.3) is 0 Å². The molecule has 1 aromatic carbocycles. The Morgan fingerprint density at radius 3 is 2.74 bits per heavy atom. The SMILES string of the molecule is CC(C)(C)C1CC(n2nc(NCc3nc4ccccc4[nH]3)c3ncc(C4CC4)nc32)CCN1C=O. The van der Waals surface area contributed by atoms with Crippen molar-refractivity contribution in [2.75, 3.05) is 11.9 Å². The van der Waals surface area contributed by atoms with E-state index < -0.39 is 0 Å². The Morgan fingerprint density at radius 1 is 1.17 bits per heavy atom.